The van der Waals surface area contributed by atoms with E-state index < -0.39 is 0 Å². The van der Waals surface area contributed by atoms with Gasteiger partial charge in [0.05, 0.1) is 36.6 Å². The second-order valence-electron chi connectivity index (χ2n) is 7.28. The molecule has 0 radical (unpaired) electrons. The van der Waals surface area contributed by atoms with Crippen LogP contribution in [-0.4, -0.2) is 69.3 Å². The predicted molar refractivity (Wildman–Crippen MR) is 116 cm³/mol. The SMILES string of the molecule is CCC(O)CC(CC)OC.CCC(O)CC(O)CC.CCC(O)CC(O)CC.[Ru]. The van der Waals surface area contributed by atoms with Crippen molar-refractivity contribution in [1.29, 1.82) is 0 Å². The van der Waals surface area contributed by atoms with Crippen LogP contribution in [0.25, 0.3) is 0 Å². The third-order valence-corrected chi connectivity index (χ3v) is 4.77. The maximum atomic E-state index is 9.21. The third kappa shape index (κ3) is 28.4. The molecule has 0 spiro atoms. The van der Waals surface area contributed by atoms with Crippen LogP contribution in [0.15, 0.2) is 0 Å². The summed E-state index contributed by atoms with van der Waals surface area (Å²) in [6, 6.07) is 0. The van der Waals surface area contributed by atoms with Gasteiger partial charge in [0.15, 0.2) is 0 Å². The standard InChI is InChI=1S/C8H18O2.2C7H16O2.Ru/c1-4-7(9)6-8(5-2)10-3;2*1-3-6(8)5-7(9)4-2;/h7-9H,4-6H2,1-3H3;2*6-9H,3-5H2,1-2H3;. The smallest absolute Gasteiger partial charge is 0.0593 e. The molecule has 5 N–H and O–H groups in total. The van der Waals surface area contributed by atoms with E-state index in [1.165, 1.54) is 0 Å². The van der Waals surface area contributed by atoms with Crippen LogP contribution in [-0.2, 0) is 24.2 Å². The van der Waals surface area contributed by atoms with E-state index in [0.29, 0.717) is 12.8 Å². The van der Waals surface area contributed by atoms with E-state index in [9.17, 15) is 5.11 Å². The summed E-state index contributed by atoms with van der Waals surface area (Å²) >= 11 is 0. The summed E-state index contributed by atoms with van der Waals surface area (Å²) in [4.78, 5) is 0. The Morgan fingerprint density at radius 3 is 0.897 bits per heavy atom. The van der Waals surface area contributed by atoms with Gasteiger partial charge in [-0.05, 0) is 57.8 Å². The van der Waals surface area contributed by atoms with Crippen LogP contribution < -0.4 is 0 Å². The van der Waals surface area contributed by atoms with Crippen molar-refractivity contribution in [1.82, 2.24) is 0 Å². The Hall–Kier alpha value is 0.383. The number of hydrogen-bond acceptors (Lipinski definition) is 6. The third-order valence-electron chi connectivity index (χ3n) is 4.77. The number of ether oxygens (including phenoxy) is 1. The minimum absolute atomic E-state index is 0. The average molecular weight is 512 g/mol. The summed E-state index contributed by atoms with van der Waals surface area (Å²) < 4.78 is 5.11. The minimum Gasteiger partial charge on any atom is -0.393 e. The van der Waals surface area contributed by atoms with Crippen LogP contribution >= 0.6 is 0 Å². The first-order chi connectivity index (χ1) is 13.1. The minimum atomic E-state index is -0.319. The van der Waals surface area contributed by atoms with Crippen LogP contribution in [0.3, 0.4) is 0 Å². The Bertz CT molecular complexity index is 258. The Balaban J connectivity index is -0.000000159. The quantitative estimate of drug-likeness (QED) is 0.243. The molecule has 6 unspecified atom stereocenters. The van der Waals surface area contributed by atoms with E-state index >= 15 is 0 Å². The van der Waals surface area contributed by atoms with Crippen molar-refractivity contribution in [2.45, 2.75) is 136 Å². The Morgan fingerprint density at radius 2 is 0.724 bits per heavy atom. The Kier molecular flexibility index (Phi) is 33.5. The molecule has 0 saturated heterocycles. The van der Waals surface area contributed by atoms with Gasteiger partial charge in [-0.25, -0.2) is 0 Å². The van der Waals surface area contributed by atoms with E-state index in [0.717, 1.165) is 44.9 Å². The molecule has 0 heterocycles. The molecule has 0 amide bonds. The fraction of sp³-hybridized carbons (Fsp3) is 1.00. The number of aliphatic hydroxyl groups excluding tert-OH is 5. The maximum absolute atomic E-state index is 9.21. The monoisotopic (exact) mass is 512 g/mol. The first-order valence-corrected chi connectivity index (χ1v) is 11.1. The molecule has 0 aromatic heterocycles. The van der Waals surface area contributed by atoms with Gasteiger partial charge in [0.1, 0.15) is 0 Å². The Morgan fingerprint density at radius 1 is 0.483 bits per heavy atom. The van der Waals surface area contributed by atoms with Crippen molar-refractivity contribution >= 4 is 0 Å². The molecule has 0 aliphatic rings. The normalized spacial score (nSPS) is 16.6. The zero-order valence-electron chi connectivity index (χ0n) is 19.8. The van der Waals surface area contributed by atoms with Crippen LogP contribution in [0.2, 0.25) is 0 Å². The van der Waals surface area contributed by atoms with Crippen molar-refractivity contribution in [2.24, 2.45) is 0 Å². The van der Waals surface area contributed by atoms with Crippen LogP contribution in [0.1, 0.15) is 99.3 Å². The first-order valence-electron chi connectivity index (χ1n) is 11.1. The molecule has 29 heavy (non-hydrogen) atoms. The molecule has 182 valence electrons. The summed E-state index contributed by atoms with van der Waals surface area (Å²) in [6.45, 7) is 11.7. The first kappa shape index (κ1) is 36.7. The molecular formula is C22H50O6Ru. The molecule has 6 nitrogen and oxygen atoms in total. The molecule has 0 aliphatic heterocycles. The van der Waals surface area contributed by atoms with Crippen LogP contribution in [0, 0.1) is 0 Å². The molecular weight excluding hydrogens is 461 g/mol. The van der Waals surface area contributed by atoms with E-state index in [1.807, 2.05) is 34.6 Å². The number of aliphatic hydroxyl groups is 5. The molecule has 0 bridgehead atoms. The molecule has 0 fully saturated rings. The fourth-order valence-electron chi connectivity index (χ4n) is 2.19. The van der Waals surface area contributed by atoms with Crippen molar-refractivity contribution < 1.29 is 49.7 Å². The van der Waals surface area contributed by atoms with Crippen molar-refractivity contribution in [3.8, 4) is 0 Å². The zero-order valence-corrected chi connectivity index (χ0v) is 21.6. The average Bonchev–Trinajstić information content (AvgIpc) is 2.71. The summed E-state index contributed by atoms with van der Waals surface area (Å²) in [5, 5.41) is 45.2. The van der Waals surface area contributed by atoms with Gasteiger partial charge in [0, 0.05) is 26.6 Å². The zero-order chi connectivity index (χ0) is 22.5. The van der Waals surface area contributed by atoms with Crippen LogP contribution in [0.4, 0.5) is 0 Å². The second-order valence-corrected chi connectivity index (χ2v) is 7.28. The van der Waals surface area contributed by atoms with E-state index in [2.05, 4.69) is 6.92 Å². The van der Waals surface area contributed by atoms with Gasteiger partial charge in [-0.15, -0.1) is 0 Å². The Labute approximate surface area is 192 Å². The summed E-state index contributed by atoms with van der Waals surface area (Å²) in [5.41, 5.74) is 0. The number of hydrogen-bond donors (Lipinski definition) is 5. The maximum Gasteiger partial charge on any atom is 0.0593 e. The van der Waals surface area contributed by atoms with E-state index in [1.54, 1.807) is 7.11 Å². The van der Waals surface area contributed by atoms with Gasteiger partial charge >= 0.3 is 0 Å². The molecule has 0 rings (SSSR count). The van der Waals surface area contributed by atoms with Gasteiger partial charge < -0.3 is 30.3 Å². The number of rotatable bonds is 13. The fourth-order valence-corrected chi connectivity index (χ4v) is 2.19. The van der Waals surface area contributed by atoms with Gasteiger partial charge in [0.2, 0.25) is 0 Å². The van der Waals surface area contributed by atoms with E-state index in [4.69, 9.17) is 25.2 Å². The molecule has 0 saturated carbocycles. The van der Waals surface area contributed by atoms with Crippen LogP contribution in [0.5, 0.6) is 0 Å². The molecule has 7 heteroatoms. The molecule has 0 aromatic carbocycles. The van der Waals surface area contributed by atoms with Crippen molar-refractivity contribution in [3.05, 3.63) is 0 Å². The van der Waals surface area contributed by atoms with Gasteiger partial charge in [-0.1, -0.05) is 41.5 Å². The van der Waals surface area contributed by atoms with Gasteiger partial charge in [-0.2, -0.15) is 0 Å². The molecule has 0 aliphatic carbocycles. The molecule has 0 aromatic rings. The number of methoxy groups -OCH3 is 1. The van der Waals surface area contributed by atoms with Gasteiger partial charge in [-0.3, -0.25) is 0 Å². The summed E-state index contributed by atoms with van der Waals surface area (Å²) in [6.07, 6.45) is 5.30. The van der Waals surface area contributed by atoms with Gasteiger partial charge in [0.25, 0.3) is 0 Å². The topological polar surface area (TPSA) is 110 Å². The predicted octanol–water partition coefficient (Wildman–Crippen LogP) is 3.41. The van der Waals surface area contributed by atoms with Crippen molar-refractivity contribution in [3.63, 3.8) is 0 Å². The molecule has 6 atom stereocenters. The van der Waals surface area contributed by atoms with E-state index in [-0.39, 0.29) is 56.1 Å². The largest absolute Gasteiger partial charge is 0.393 e. The van der Waals surface area contributed by atoms with Crippen molar-refractivity contribution in [2.75, 3.05) is 7.11 Å². The summed E-state index contributed by atoms with van der Waals surface area (Å²) in [5.74, 6) is 0. The second kappa shape index (κ2) is 26.4. The summed E-state index contributed by atoms with van der Waals surface area (Å²) in [7, 11) is 1.69.